The van der Waals surface area contributed by atoms with Crippen LogP contribution in [0.25, 0.3) is 0 Å². The summed E-state index contributed by atoms with van der Waals surface area (Å²) >= 11 is 5.57. The van der Waals surface area contributed by atoms with Crippen LogP contribution in [0.3, 0.4) is 0 Å². The molecule has 0 atom stereocenters. The first kappa shape index (κ1) is 8.48. The van der Waals surface area contributed by atoms with Crippen LogP contribution in [0.2, 0.25) is 0 Å². The highest BCUT2D eigenvalue weighted by molar-refractivity contribution is 7.81. The minimum atomic E-state index is -2.55. The van der Waals surface area contributed by atoms with Crippen LogP contribution < -0.4 is 5.73 Å². The first-order valence-electron chi connectivity index (χ1n) is 2.64. The van der Waals surface area contributed by atoms with E-state index in [2.05, 4.69) is 17.2 Å². The third-order valence-electron chi connectivity index (χ3n) is 0.956. The summed E-state index contributed by atoms with van der Waals surface area (Å²) in [5.74, 6) is 0. The lowest BCUT2D eigenvalue weighted by atomic mass is 10.5. The molecule has 11 heavy (non-hydrogen) atoms. The monoisotopic (exact) mass is 194 g/mol. The van der Waals surface area contributed by atoms with Crippen molar-refractivity contribution in [3.05, 3.63) is 16.1 Å². The molecule has 1 heterocycles. The summed E-state index contributed by atoms with van der Waals surface area (Å²) in [5, 5.41) is 1.54. The first-order chi connectivity index (χ1) is 5.11. The van der Waals surface area contributed by atoms with Gasteiger partial charge in [0.1, 0.15) is 10.7 Å². The Morgan fingerprint density at radius 2 is 2.36 bits per heavy atom. The summed E-state index contributed by atoms with van der Waals surface area (Å²) in [6, 6.07) is 0. The van der Waals surface area contributed by atoms with Gasteiger partial charge in [-0.1, -0.05) is 12.2 Å². The van der Waals surface area contributed by atoms with Gasteiger partial charge in [0.25, 0.3) is 6.43 Å². The molecule has 6 heteroatoms. The van der Waals surface area contributed by atoms with E-state index in [1.54, 1.807) is 0 Å². The summed E-state index contributed by atoms with van der Waals surface area (Å²) in [6.45, 7) is 0. The summed E-state index contributed by atoms with van der Waals surface area (Å²) in [6.07, 6.45) is -2.55. The second-order valence-electron chi connectivity index (χ2n) is 1.74. The van der Waals surface area contributed by atoms with Crippen molar-refractivity contribution in [3.63, 3.8) is 0 Å². The third kappa shape index (κ3) is 1.90. The molecule has 0 aliphatic carbocycles. The Morgan fingerprint density at radius 1 is 1.73 bits per heavy atom. The molecule has 1 aromatic heterocycles. The second kappa shape index (κ2) is 3.19. The molecule has 2 N–H and O–H groups in total. The molecule has 60 valence electrons. The van der Waals surface area contributed by atoms with Gasteiger partial charge >= 0.3 is 0 Å². The molecule has 0 spiro atoms. The van der Waals surface area contributed by atoms with Gasteiger partial charge in [0, 0.05) is 5.38 Å². The number of halogens is 2. The second-order valence-corrected chi connectivity index (χ2v) is 3.04. The number of hydrogen-bond donors (Lipinski definition) is 1. The Morgan fingerprint density at radius 3 is 2.64 bits per heavy atom. The van der Waals surface area contributed by atoms with E-state index in [1.807, 2.05) is 0 Å². The Hall–Kier alpha value is -0.620. The maximum Gasteiger partial charge on any atom is 0.281 e. The predicted molar refractivity (Wildman–Crippen MR) is 43.0 cm³/mol. The molecule has 0 saturated carbocycles. The average molecular weight is 194 g/mol. The zero-order chi connectivity index (χ0) is 8.43. The zero-order valence-corrected chi connectivity index (χ0v) is 6.88. The Balaban J connectivity index is 2.90. The topological polar surface area (TPSA) is 38.9 Å². The van der Waals surface area contributed by atoms with Crippen molar-refractivity contribution in [2.24, 2.45) is 5.73 Å². The van der Waals surface area contributed by atoms with E-state index in [0.29, 0.717) is 0 Å². The Bertz CT molecular complexity index is 271. The van der Waals surface area contributed by atoms with Crippen molar-refractivity contribution in [2.75, 3.05) is 0 Å². The van der Waals surface area contributed by atoms with Crippen LogP contribution in [-0.2, 0) is 0 Å². The molecule has 0 fully saturated rings. The number of thiazole rings is 1. The van der Waals surface area contributed by atoms with Gasteiger partial charge in [-0.2, -0.15) is 0 Å². The van der Waals surface area contributed by atoms with E-state index in [9.17, 15) is 8.78 Å². The van der Waals surface area contributed by atoms with Gasteiger partial charge in [-0.05, 0) is 0 Å². The van der Waals surface area contributed by atoms with E-state index >= 15 is 0 Å². The number of aromatic nitrogens is 1. The third-order valence-corrected chi connectivity index (χ3v) is 2.17. The lowest BCUT2D eigenvalue weighted by Gasteiger charge is -1.89. The van der Waals surface area contributed by atoms with Crippen LogP contribution in [0.5, 0.6) is 0 Å². The molecular formula is C5H4F2N2S2. The number of rotatable bonds is 2. The minimum Gasteiger partial charge on any atom is -0.387 e. The molecule has 0 radical (unpaired) electrons. The summed E-state index contributed by atoms with van der Waals surface area (Å²) in [7, 11) is 0. The van der Waals surface area contributed by atoms with Gasteiger partial charge in [0.15, 0.2) is 5.01 Å². The van der Waals surface area contributed by atoms with Crippen molar-refractivity contribution < 1.29 is 8.78 Å². The van der Waals surface area contributed by atoms with E-state index < -0.39 is 6.43 Å². The zero-order valence-electron chi connectivity index (χ0n) is 5.25. The Kier molecular flexibility index (Phi) is 2.45. The van der Waals surface area contributed by atoms with Gasteiger partial charge in [-0.3, -0.25) is 0 Å². The fourth-order valence-electron chi connectivity index (χ4n) is 0.500. The van der Waals surface area contributed by atoms with Crippen LogP contribution in [0.15, 0.2) is 5.38 Å². The molecule has 0 bridgehead atoms. The molecule has 0 aromatic carbocycles. The van der Waals surface area contributed by atoms with Gasteiger partial charge < -0.3 is 5.73 Å². The van der Waals surface area contributed by atoms with Crippen LogP contribution in [0.1, 0.15) is 17.1 Å². The maximum absolute atomic E-state index is 11.9. The quantitative estimate of drug-likeness (QED) is 0.728. The molecule has 0 saturated heterocycles. The standard InChI is InChI=1S/C5H4F2N2S2/c6-3(7)2-1-11-5(9-2)4(8)10/h1,3H,(H2,8,10). The van der Waals surface area contributed by atoms with Crippen LogP contribution in [-0.4, -0.2) is 9.97 Å². The molecule has 1 aromatic rings. The maximum atomic E-state index is 11.9. The fraction of sp³-hybridized carbons (Fsp3) is 0.200. The number of thiocarbonyl (C=S) groups is 1. The lowest BCUT2D eigenvalue weighted by molar-refractivity contribution is 0.147. The molecule has 0 unspecified atom stereocenters. The van der Waals surface area contributed by atoms with Crippen molar-refractivity contribution in [2.45, 2.75) is 6.43 Å². The van der Waals surface area contributed by atoms with Crippen LogP contribution in [0, 0.1) is 0 Å². The molecule has 0 amide bonds. The number of alkyl halides is 2. The summed E-state index contributed by atoms with van der Waals surface area (Å²) in [5.41, 5.74) is 4.90. The van der Waals surface area contributed by atoms with Gasteiger partial charge in [0.2, 0.25) is 0 Å². The Labute approximate surface area is 71.1 Å². The van der Waals surface area contributed by atoms with E-state index in [1.165, 1.54) is 5.38 Å². The van der Waals surface area contributed by atoms with Crippen molar-refractivity contribution in [3.8, 4) is 0 Å². The summed E-state index contributed by atoms with van der Waals surface area (Å²) in [4.78, 5) is 3.57. The van der Waals surface area contributed by atoms with Crippen molar-refractivity contribution in [1.29, 1.82) is 0 Å². The molecular weight excluding hydrogens is 190 g/mol. The first-order valence-corrected chi connectivity index (χ1v) is 3.93. The smallest absolute Gasteiger partial charge is 0.281 e. The fourth-order valence-corrected chi connectivity index (χ4v) is 1.35. The van der Waals surface area contributed by atoms with Crippen molar-refractivity contribution >= 4 is 28.5 Å². The molecule has 2 nitrogen and oxygen atoms in total. The predicted octanol–water partition coefficient (Wildman–Crippen LogP) is 1.71. The van der Waals surface area contributed by atoms with E-state index in [0.717, 1.165) is 11.3 Å². The normalized spacial score (nSPS) is 10.5. The molecule has 0 aliphatic heterocycles. The molecule has 1 rings (SSSR count). The highest BCUT2D eigenvalue weighted by Crippen LogP contribution is 2.20. The van der Waals surface area contributed by atoms with Gasteiger partial charge in [-0.25, -0.2) is 13.8 Å². The van der Waals surface area contributed by atoms with Gasteiger partial charge in [0.05, 0.1) is 0 Å². The molecule has 0 aliphatic rings. The minimum absolute atomic E-state index is 0.0573. The highest BCUT2D eigenvalue weighted by Gasteiger charge is 2.12. The SMILES string of the molecule is NC(=S)c1nc(C(F)F)cs1. The van der Waals surface area contributed by atoms with Crippen molar-refractivity contribution in [1.82, 2.24) is 4.98 Å². The van der Waals surface area contributed by atoms with Crippen LogP contribution >= 0.6 is 23.6 Å². The highest BCUT2D eigenvalue weighted by atomic mass is 32.1. The number of hydrogen-bond acceptors (Lipinski definition) is 3. The lowest BCUT2D eigenvalue weighted by Crippen LogP contribution is -2.08. The van der Waals surface area contributed by atoms with E-state index in [4.69, 9.17) is 5.73 Å². The van der Waals surface area contributed by atoms with Gasteiger partial charge in [-0.15, -0.1) is 11.3 Å². The largest absolute Gasteiger partial charge is 0.387 e. The summed E-state index contributed by atoms with van der Waals surface area (Å²) < 4.78 is 23.8. The average Bonchev–Trinajstić information content (AvgIpc) is 2.33. The van der Waals surface area contributed by atoms with E-state index in [-0.39, 0.29) is 15.7 Å². The van der Waals surface area contributed by atoms with Crippen LogP contribution in [0.4, 0.5) is 8.78 Å². The number of nitrogens with two attached hydrogens (primary N) is 1. The number of nitrogens with zero attached hydrogens (tertiary/aromatic N) is 1.